The maximum absolute atomic E-state index is 11.8. The van der Waals surface area contributed by atoms with E-state index < -0.39 is 0 Å². The lowest BCUT2D eigenvalue weighted by atomic mass is 10.4. The molecule has 1 fully saturated rings. The van der Waals surface area contributed by atoms with Crippen LogP contribution in [0.1, 0.15) is 20.3 Å². The van der Waals surface area contributed by atoms with E-state index in [0.29, 0.717) is 0 Å². The summed E-state index contributed by atoms with van der Waals surface area (Å²) >= 11 is 0. The van der Waals surface area contributed by atoms with E-state index in [2.05, 4.69) is 19.1 Å². The zero-order valence-electron chi connectivity index (χ0n) is 9.65. The van der Waals surface area contributed by atoms with Gasteiger partial charge >= 0.3 is 6.03 Å². The van der Waals surface area contributed by atoms with E-state index >= 15 is 0 Å². The number of hydrogen-bond acceptors (Lipinski definition) is 1. The fourth-order valence-electron chi connectivity index (χ4n) is 1.57. The Labute approximate surface area is 92.0 Å². The third kappa shape index (κ3) is 3.42. The minimum Gasteiger partial charge on any atom is -0.319 e. The third-order valence-electron chi connectivity index (χ3n) is 2.47. The first-order chi connectivity index (χ1) is 7.29. The number of urea groups is 1. The molecule has 0 aromatic heterocycles. The topological polar surface area (TPSA) is 23.6 Å². The lowest BCUT2D eigenvalue weighted by Gasteiger charge is -2.15. The molecule has 0 atom stereocenters. The van der Waals surface area contributed by atoms with Crippen LogP contribution < -0.4 is 0 Å². The van der Waals surface area contributed by atoms with E-state index in [1.54, 1.807) is 0 Å². The second kappa shape index (κ2) is 6.27. The highest BCUT2D eigenvalue weighted by molar-refractivity contribution is 5.76. The maximum Gasteiger partial charge on any atom is 0.320 e. The van der Waals surface area contributed by atoms with Gasteiger partial charge in [0.05, 0.1) is 0 Å². The third-order valence-corrected chi connectivity index (χ3v) is 2.47. The molecule has 2 amide bonds. The van der Waals surface area contributed by atoms with Gasteiger partial charge in [-0.2, -0.15) is 0 Å². The smallest absolute Gasteiger partial charge is 0.319 e. The summed E-state index contributed by atoms with van der Waals surface area (Å²) in [4.78, 5) is 15.5. The summed E-state index contributed by atoms with van der Waals surface area (Å²) in [6.45, 7) is 7.26. The van der Waals surface area contributed by atoms with Crippen molar-refractivity contribution in [2.45, 2.75) is 20.3 Å². The fraction of sp³-hybridized carbons (Fsp3) is 0.583. The van der Waals surface area contributed by atoms with Gasteiger partial charge in [0.1, 0.15) is 0 Å². The van der Waals surface area contributed by atoms with Crippen LogP contribution in [0.3, 0.4) is 0 Å². The van der Waals surface area contributed by atoms with Crippen molar-refractivity contribution in [2.24, 2.45) is 0 Å². The molecule has 15 heavy (non-hydrogen) atoms. The van der Waals surface area contributed by atoms with Crippen LogP contribution in [0.5, 0.6) is 0 Å². The second-order valence-electron chi connectivity index (χ2n) is 3.62. The van der Waals surface area contributed by atoms with Crippen molar-refractivity contribution in [3.8, 4) is 0 Å². The highest BCUT2D eigenvalue weighted by Gasteiger charge is 2.25. The number of allylic oxidation sites excluding steroid dienone is 2. The van der Waals surface area contributed by atoms with Gasteiger partial charge in [0.15, 0.2) is 0 Å². The molecule has 1 rings (SSSR count). The van der Waals surface area contributed by atoms with Crippen LogP contribution in [0.2, 0.25) is 0 Å². The molecule has 1 heterocycles. The van der Waals surface area contributed by atoms with Crippen LogP contribution in [0.4, 0.5) is 4.79 Å². The Morgan fingerprint density at radius 1 is 1.13 bits per heavy atom. The van der Waals surface area contributed by atoms with Gasteiger partial charge in [-0.05, 0) is 13.3 Å². The summed E-state index contributed by atoms with van der Waals surface area (Å²) < 4.78 is 0. The Morgan fingerprint density at radius 3 is 2.27 bits per heavy atom. The quantitative estimate of drug-likeness (QED) is 0.636. The Balaban J connectivity index is 2.38. The van der Waals surface area contributed by atoms with Crippen LogP contribution in [-0.2, 0) is 0 Å². The maximum atomic E-state index is 11.8. The number of hydrogen-bond donors (Lipinski definition) is 0. The van der Waals surface area contributed by atoms with Gasteiger partial charge < -0.3 is 9.80 Å². The summed E-state index contributed by atoms with van der Waals surface area (Å²) in [5.74, 6) is 0. The molecule has 0 bridgehead atoms. The molecule has 0 unspecified atom stereocenters. The molecule has 0 saturated carbocycles. The van der Waals surface area contributed by atoms with Crippen LogP contribution in [-0.4, -0.2) is 42.0 Å². The van der Waals surface area contributed by atoms with E-state index in [1.807, 2.05) is 28.9 Å². The molecule has 0 N–H and O–H groups in total. The Morgan fingerprint density at radius 2 is 1.73 bits per heavy atom. The summed E-state index contributed by atoms with van der Waals surface area (Å²) in [7, 11) is 0. The average molecular weight is 208 g/mol. The molecular weight excluding hydrogens is 188 g/mol. The summed E-state index contributed by atoms with van der Waals surface area (Å²) in [6, 6.07) is 0.161. The molecule has 0 spiro atoms. The standard InChI is InChI=1S/C12H20N2O/c1-3-5-7-9-14-11-10-13(12(14)15)8-6-4-2/h4-7H,3,8-11H2,1-2H3/b6-4-,7-5-. The molecule has 0 aromatic rings. The first-order valence-electron chi connectivity index (χ1n) is 5.59. The number of carbonyl (C=O) groups excluding carboxylic acids is 1. The molecule has 1 aliphatic rings. The van der Waals surface area contributed by atoms with Crippen molar-refractivity contribution in [1.82, 2.24) is 9.80 Å². The van der Waals surface area contributed by atoms with Crippen molar-refractivity contribution >= 4 is 6.03 Å². The lowest BCUT2D eigenvalue weighted by molar-refractivity contribution is 0.199. The number of nitrogens with zero attached hydrogens (tertiary/aromatic N) is 2. The van der Waals surface area contributed by atoms with Gasteiger partial charge in [0.25, 0.3) is 0 Å². The SMILES string of the molecule is C/C=C\CN1CCN(C/C=C\CC)C1=O. The van der Waals surface area contributed by atoms with Gasteiger partial charge in [-0.15, -0.1) is 0 Å². The van der Waals surface area contributed by atoms with Crippen molar-refractivity contribution in [3.05, 3.63) is 24.3 Å². The summed E-state index contributed by atoms with van der Waals surface area (Å²) in [6.07, 6.45) is 9.19. The minimum absolute atomic E-state index is 0.161. The monoisotopic (exact) mass is 208 g/mol. The molecule has 0 aromatic carbocycles. The van der Waals surface area contributed by atoms with E-state index in [1.165, 1.54) is 0 Å². The first kappa shape index (κ1) is 11.8. The molecule has 1 saturated heterocycles. The van der Waals surface area contributed by atoms with Gasteiger partial charge in [0.2, 0.25) is 0 Å². The van der Waals surface area contributed by atoms with Crippen molar-refractivity contribution in [2.75, 3.05) is 26.2 Å². The summed E-state index contributed by atoms with van der Waals surface area (Å²) in [5.41, 5.74) is 0. The van der Waals surface area contributed by atoms with Crippen LogP contribution >= 0.6 is 0 Å². The molecule has 0 radical (unpaired) electrons. The van der Waals surface area contributed by atoms with Crippen LogP contribution in [0, 0.1) is 0 Å². The first-order valence-corrected chi connectivity index (χ1v) is 5.59. The zero-order chi connectivity index (χ0) is 11.1. The molecule has 1 aliphatic heterocycles. The summed E-state index contributed by atoms with van der Waals surface area (Å²) in [5, 5.41) is 0. The van der Waals surface area contributed by atoms with E-state index in [-0.39, 0.29) is 6.03 Å². The second-order valence-corrected chi connectivity index (χ2v) is 3.62. The van der Waals surface area contributed by atoms with E-state index in [4.69, 9.17) is 0 Å². The molecule has 0 aliphatic carbocycles. The van der Waals surface area contributed by atoms with Crippen molar-refractivity contribution < 1.29 is 4.79 Å². The predicted molar refractivity (Wildman–Crippen MR) is 62.8 cm³/mol. The molecule has 84 valence electrons. The highest BCUT2D eigenvalue weighted by atomic mass is 16.2. The number of rotatable bonds is 5. The highest BCUT2D eigenvalue weighted by Crippen LogP contribution is 2.08. The molecular formula is C12H20N2O. The zero-order valence-corrected chi connectivity index (χ0v) is 9.65. The van der Waals surface area contributed by atoms with Crippen LogP contribution in [0.25, 0.3) is 0 Å². The van der Waals surface area contributed by atoms with Crippen molar-refractivity contribution in [3.63, 3.8) is 0 Å². The number of amides is 2. The van der Waals surface area contributed by atoms with E-state index in [0.717, 1.165) is 32.6 Å². The largest absolute Gasteiger partial charge is 0.320 e. The Hall–Kier alpha value is -1.25. The van der Waals surface area contributed by atoms with Gasteiger partial charge in [-0.25, -0.2) is 4.79 Å². The van der Waals surface area contributed by atoms with Crippen molar-refractivity contribution in [1.29, 1.82) is 0 Å². The minimum atomic E-state index is 0.161. The lowest BCUT2D eigenvalue weighted by Crippen LogP contribution is -2.32. The van der Waals surface area contributed by atoms with Crippen LogP contribution in [0.15, 0.2) is 24.3 Å². The number of carbonyl (C=O) groups is 1. The van der Waals surface area contributed by atoms with Gasteiger partial charge in [0, 0.05) is 26.2 Å². The van der Waals surface area contributed by atoms with Gasteiger partial charge in [-0.1, -0.05) is 31.2 Å². The van der Waals surface area contributed by atoms with E-state index in [9.17, 15) is 4.79 Å². The normalized spacial score (nSPS) is 17.6. The molecule has 3 heteroatoms. The fourth-order valence-corrected chi connectivity index (χ4v) is 1.57. The Kier molecular flexibility index (Phi) is 4.95. The predicted octanol–water partition coefficient (Wildman–Crippen LogP) is 2.27. The Bertz CT molecular complexity index is 258. The molecule has 3 nitrogen and oxygen atoms in total. The average Bonchev–Trinajstić information content (AvgIpc) is 2.58. The van der Waals surface area contributed by atoms with Gasteiger partial charge in [-0.3, -0.25) is 0 Å².